The van der Waals surface area contributed by atoms with E-state index in [9.17, 15) is 0 Å². The second-order valence-corrected chi connectivity index (χ2v) is 2.92. The minimum atomic E-state index is 0.792. The summed E-state index contributed by atoms with van der Waals surface area (Å²) in [6.07, 6.45) is 4.45. The molecule has 0 aromatic rings. The smallest absolute Gasteiger partial charge is 0.000833 e. The molecule has 0 aliphatic rings. The molecule has 0 atom stereocenters. The van der Waals surface area contributed by atoms with Crippen LogP contribution in [0.3, 0.4) is 0 Å². The second-order valence-electron chi connectivity index (χ2n) is 2.92. The molecule has 1 heteroatoms. The zero-order valence-corrected chi connectivity index (χ0v) is 6.65. The average Bonchev–Trinajstić information content (AvgIpc) is 1.63. The number of hydrogen-bond acceptors (Lipinski definition) is 1. The molecule has 0 amide bonds. The number of nitrogens with two attached hydrogens (primary N) is 1. The summed E-state index contributed by atoms with van der Waals surface area (Å²) in [4.78, 5) is 0. The average molecular weight is 127 g/mol. The molecule has 2 N–H and O–H groups in total. The SMILES string of the molecule is C/C(N)=C/CCC(C)C. The van der Waals surface area contributed by atoms with Crippen molar-refractivity contribution in [3.05, 3.63) is 11.8 Å². The lowest BCUT2D eigenvalue weighted by Gasteiger charge is -1.99. The summed E-state index contributed by atoms with van der Waals surface area (Å²) >= 11 is 0. The van der Waals surface area contributed by atoms with Gasteiger partial charge in [0.1, 0.15) is 0 Å². The Kier molecular flexibility index (Phi) is 4.20. The van der Waals surface area contributed by atoms with Gasteiger partial charge in [-0.25, -0.2) is 0 Å². The quantitative estimate of drug-likeness (QED) is 0.618. The third-order valence-electron chi connectivity index (χ3n) is 1.21. The highest BCUT2D eigenvalue weighted by Gasteiger charge is 1.89. The molecule has 0 radical (unpaired) electrons. The van der Waals surface area contributed by atoms with Gasteiger partial charge in [0.15, 0.2) is 0 Å². The maximum Gasteiger partial charge on any atom is 0.000833 e. The molecule has 0 heterocycles. The molecule has 0 unspecified atom stereocenters. The minimum Gasteiger partial charge on any atom is -0.403 e. The van der Waals surface area contributed by atoms with Crippen LogP contribution in [0.15, 0.2) is 11.8 Å². The van der Waals surface area contributed by atoms with Gasteiger partial charge >= 0.3 is 0 Å². The van der Waals surface area contributed by atoms with E-state index in [0.29, 0.717) is 0 Å². The van der Waals surface area contributed by atoms with E-state index in [2.05, 4.69) is 19.9 Å². The Hall–Kier alpha value is -0.460. The van der Waals surface area contributed by atoms with E-state index in [1.54, 1.807) is 0 Å². The molecule has 9 heavy (non-hydrogen) atoms. The Labute approximate surface area is 57.9 Å². The van der Waals surface area contributed by atoms with Crippen molar-refractivity contribution < 1.29 is 0 Å². The summed E-state index contributed by atoms with van der Waals surface area (Å²) in [5, 5.41) is 0. The van der Waals surface area contributed by atoms with Crippen molar-refractivity contribution in [2.24, 2.45) is 11.7 Å². The topological polar surface area (TPSA) is 26.0 Å². The van der Waals surface area contributed by atoms with Gasteiger partial charge in [-0.05, 0) is 25.7 Å². The van der Waals surface area contributed by atoms with Gasteiger partial charge in [-0.15, -0.1) is 0 Å². The summed E-state index contributed by atoms with van der Waals surface area (Å²) in [6, 6.07) is 0. The molecule has 0 saturated carbocycles. The Morgan fingerprint density at radius 2 is 2.11 bits per heavy atom. The monoisotopic (exact) mass is 127 g/mol. The largest absolute Gasteiger partial charge is 0.403 e. The summed E-state index contributed by atoms with van der Waals surface area (Å²) in [7, 11) is 0. The molecule has 0 spiro atoms. The van der Waals surface area contributed by atoms with E-state index in [0.717, 1.165) is 18.0 Å². The van der Waals surface area contributed by atoms with Gasteiger partial charge in [0, 0.05) is 5.70 Å². The summed E-state index contributed by atoms with van der Waals surface area (Å²) in [6.45, 7) is 6.37. The van der Waals surface area contributed by atoms with Crippen molar-refractivity contribution >= 4 is 0 Å². The van der Waals surface area contributed by atoms with Crippen LogP contribution in [-0.4, -0.2) is 0 Å². The molecule has 0 bridgehead atoms. The van der Waals surface area contributed by atoms with Crippen LogP contribution in [0.4, 0.5) is 0 Å². The van der Waals surface area contributed by atoms with Crippen LogP contribution in [0.1, 0.15) is 33.6 Å². The van der Waals surface area contributed by atoms with Crippen LogP contribution in [-0.2, 0) is 0 Å². The van der Waals surface area contributed by atoms with Gasteiger partial charge < -0.3 is 5.73 Å². The van der Waals surface area contributed by atoms with Crippen LogP contribution < -0.4 is 5.73 Å². The molecular formula is C8H17N. The maximum absolute atomic E-state index is 5.44. The zero-order chi connectivity index (χ0) is 7.28. The molecular weight excluding hydrogens is 110 g/mol. The highest BCUT2D eigenvalue weighted by Crippen LogP contribution is 2.04. The second kappa shape index (κ2) is 4.42. The van der Waals surface area contributed by atoms with Crippen molar-refractivity contribution in [3.8, 4) is 0 Å². The number of hydrogen-bond donors (Lipinski definition) is 1. The van der Waals surface area contributed by atoms with Crippen molar-refractivity contribution in [2.45, 2.75) is 33.6 Å². The van der Waals surface area contributed by atoms with Crippen LogP contribution in [0.5, 0.6) is 0 Å². The molecule has 0 aliphatic heterocycles. The number of rotatable bonds is 3. The predicted molar refractivity (Wildman–Crippen MR) is 42.0 cm³/mol. The van der Waals surface area contributed by atoms with E-state index in [-0.39, 0.29) is 0 Å². The maximum atomic E-state index is 5.44. The molecule has 0 aromatic carbocycles. The first kappa shape index (κ1) is 8.54. The van der Waals surface area contributed by atoms with Gasteiger partial charge in [-0.1, -0.05) is 19.9 Å². The molecule has 0 aliphatic carbocycles. The fourth-order valence-corrected chi connectivity index (χ4v) is 0.644. The molecule has 54 valence electrons. The molecule has 0 fully saturated rings. The Morgan fingerprint density at radius 3 is 2.44 bits per heavy atom. The normalized spacial score (nSPS) is 12.7. The summed E-state index contributed by atoms with van der Waals surface area (Å²) in [5.41, 5.74) is 6.38. The predicted octanol–water partition coefficient (Wildman–Crippen LogP) is 2.29. The first-order valence-electron chi connectivity index (χ1n) is 3.55. The Morgan fingerprint density at radius 1 is 1.56 bits per heavy atom. The highest BCUT2D eigenvalue weighted by atomic mass is 14.5. The van der Waals surface area contributed by atoms with E-state index >= 15 is 0 Å². The molecule has 1 nitrogen and oxygen atoms in total. The van der Waals surface area contributed by atoms with Crippen LogP contribution in [0.25, 0.3) is 0 Å². The lowest BCUT2D eigenvalue weighted by atomic mass is 10.1. The van der Waals surface area contributed by atoms with Gasteiger partial charge in [-0.3, -0.25) is 0 Å². The lowest BCUT2D eigenvalue weighted by molar-refractivity contribution is 0.593. The van der Waals surface area contributed by atoms with E-state index in [4.69, 9.17) is 5.73 Å². The third kappa shape index (κ3) is 7.54. The summed E-state index contributed by atoms with van der Waals surface area (Å²) in [5.74, 6) is 0.792. The van der Waals surface area contributed by atoms with Crippen LogP contribution >= 0.6 is 0 Å². The zero-order valence-electron chi connectivity index (χ0n) is 6.65. The summed E-state index contributed by atoms with van der Waals surface area (Å²) < 4.78 is 0. The van der Waals surface area contributed by atoms with Gasteiger partial charge in [0.05, 0.1) is 0 Å². The molecule has 0 saturated heterocycles. The first-order chi connectivity index (χ1) is 4.13. The van der Waals surface area contributed by atoms with Crippen molar-refractivity contribution in [3.63, 3.8) is 0 Å². The van der Waals surface area contributed by atoms with Gasteiger partial charge in [0.2, 0.25) is 0 Å². The molecule has 0 aromatic heterocycles. The Balaban J connectivity index is 3.20. The fraction of sp³-hybridized carbons (Fsp3) is 0.750. The first-order valence-corrected chi connectivity index (χ1v) is 3.55. The molecule has 0 rings (SSSR count). The van der Waals surface area contributed by atoms with Gasteiger partial charge in [-0.2, -0.15) is 0 Å². The van der Waals surface area contributed by atoms with Crippen LogP contribution in [0.2, 0.25) is 0 Å². The van der Waals surface area contributed by atoms with Crippen molar-refractivity contribution in [1.29, 1.82) is 0 Å². The third-order valence-corrected chi connectivity index (χ3v) is 1.21. The fourth-order valence-electron chi connectivity index (χ4n) is 0.644. The van der Waals surface area contributed by atoms with Crippen molar-refractivity contribution in [2.75, 3.05) is 0 Å². The van der Waals surface area contributed by atoms with E-state index in [1.807, 2.05) is 6.92 Å². The highest BCUT2D eigenvalue weighted by molar-refractivity contribution is 4.90. The Bertz CT molecular complexity index is 88.7. The van der Waals surface area contributed by atoms with Crippen LogP contribution in [0, 0.1) is 5.92 Å². The van der Waals surface area contributed by atoms with E-state index < -0.39 is 0 Å². The van der Waals surface area contributed by atoms with Gasteiger partial charge in [0.25, 0.3) is 0 Å². The minimum absolute atomic E-state index is 0.792. The lowest BCUT2D eigenvalue weighted by Crippen LogP contribution is -1.91. The van der Waals surface area contributed by atoms with E-state index in [1.165, 1.54) is 6.42 Å². The number of allylic oxidation sites excluding steroid dienone is 2. The van der Waals surface area contributed by atoms with Crippen molar-refractivity contribution in [1.82, 2.24) is 0 Å². The standard InChI is InChI=1S/C8H17N/c1-7(2)5-4-6-8(3)9/h6-7H,4-5,9H2,1-3H3/b8-6-.